The van der Waals surface area contributed by atoms with Gasteiger partial charge in [-0.3, -0.25) is 4.57 Å². The number of benzene rings is 4. The maximum Gasteiger partial charge on any atom is 0.408 e. The van der Waals surface area contributed by atoms with Crippen molar-refractivity contribution in [2.75, 3.05) is 0 Å². The first-order valence-electron chi connectivity index (χ1n) is 12.1. The summed E-state index contributed by atoms with van der Waals surface area (Å²) in [6.07, 6.45) is -0.459. The second-order valence-electron chi connectivity index (χ2n) is 8.47. The number of ether oxygens (including phenoxy) is 1. The maximum atomic E-state index is 14.4. The van der Waals surface area contributed by atoms with E-state index in [0.717, 1.165) is 22.3 Å². The monoisotopic (exact) mass is 515 g/mol. The lowest BCUT2D eigenvalue weighted by atomic mass is 10.1. The first kappa shape index (κ1) is 26.4. The van der Waals surface area contributed by atoms with E-state index in [9.17, 15) is 9.36 Å². The highest BCUT2D eigenvalue weighted by molar-refractivity contribution is 7.54. The van der Waals surface area contributed by atoms with Gasteiger partial charge < -0.3 is 19.1 Å². The van der Waals surface area contributed by atoms with Crippen molar-refractivity contribution < 1.29 is 23.1 Å². The molecule has 0 spiro atoms. The molecule has 1 N–H and O–H groups in total. The molecule has 4 aromatic rings. The van der Waals surface area contributed by atoms with Gasteiger partial charge >= 0.3 is 13.7 Å². The fourth-order valence-electron chi connectivity index (χ4n) is 3.67. The van der Waals surface area contributed by atoms with E-state index in [-0.39, 0.29) is 26.2 Å². The van der Waals surface area contributed by atoms with E-state index in [4.69, 9.17) is 13.8 Å². The summed E-state index contributed by atoms with van der Waals surface area (Å²) in [7, 11) is -3.89. The first-order chi connectivity index (χ1) is 18.1. The lowest BCUT2D eigenvalue weighted by Crippen LogP contribution is -2.37. The van der Waals surface area contributed by atoms with Gasteiger partial charge in [-0.1, -0.05) is 121 Å². The molecule has 0 radical (unpaired) electrons. The van der Waals surface area contributed by atoms with Gasteiger partial charge in [-0.25, -0.2) is 4.79 Å². The number of nitrogens with one attached hydrogen (secondary N) is 1. The maximum absolute atomic E-state index is 14.4. The van der Waals surface area contributed by atoms with E-state index < -0.39 is 19.5 Å². The smallest absolute Gasteiger partial charge is 0.408 e. The molecule has 0 aliphatic carbocycles. The van der Waals surface area contributed by atoms with Gasteiger partial charge in [-0.05, 0) is 22.3 Å². The number of rotatable bonds is 12. The minimum atomic E-state index is -3.89. The van der Waals surface area contributed by atoms with Crippen LogP contribution in [0.15, 0.2) is 121 Å². The van der Waals surface area contributed by atoms with Gasteiger partial charge in [-0.15, -0.1) is 0 Å². The third kappa shape index (κ3) is 8.43. The summed E-state index contributed by atoms with van der Waals surface area (Å²) in [5.41, 5.74) is 3.41. The molecule has 4 aromatic carbocycles. The third-order valence-electron chi connectivity index (χ3n) is 5.66. The van der Waals surface area contributed by atoms with Crippen LogP contribution in [0.5, 0.6) is 0 Å². The van der Waals surface area contributed by atoms with E-state index in [2.05, 4.69) is 5.32 Å². The minimum absolute atomic E-state index is 0.0684. The van der Waals surface area contributed by atoms with Crippen LogP contribution < -0.4 is 5.32 Å². The van der Waals surface area contributed by atoms with E-state index in [1.807, 2.05) is 121 Å². The average Bonchev–Trinajstić information content (AvgIpc) is 2.96. The average molecular weight is 516 g/mol. The molecular weight excluding hydrogens is 485 g/mol. The van der Waals surface area contributed by atoms with Crippen LogP contribution in [0.1, 0.15) is 22.3 Å². The molecule has 0 heterocycles. The Morgan fingerprint density at radius 1 is 0.595 bits per heavy atom. The Balaban J connectivity index is 1.55. The molecular formula is C30H30NO5P. The Morgan fingerprint density at radius 3 is 1.41 bits per heavy atom. The summed E-state index contributed by atoms with van der Waals surface area (Å²) in [4.78, 5) is 12.8. The predicted molar refractivity (Wildman–Crippen MR) is 144 cm³/mol. The molecule has 0 unspecified atom stereocenters. The second-order valence-corrected chi connectivity index (χ2v) is 10.7. The van der Waals surface area contributed by atoms with Crippen molar-refractivity contribution >= 4 is 13.7 Å². The van der Waals surface area contributed by atoms with Crippen LogP contribution in [0.4, 0.5) is 4.79 Å². The van der Waals surface area contributed by atoms with Crippen molar-refractivity contribution in [3.05, 3.63) is 144 Å². The Kier molecular flexibility index (Phi) is 9.67. The molecule has 0 aromatic heterocycles. The zero-order valence-electron chi connectivity index (χ0n) is 20.4. The van der Waals surface area contributed by atoms with E-state index in [1.54, 1.807) is 0 Å². The predicted octanol–water partition coefficient (Wildman–Crippen LogP) is 7.11. The van der Waals surface area contributed by atoms with Crippen LogP contribution in [0.25, 0.3) is 0 Å². The number of hydrogen-bond donors (Lipinski definition) is 1. The first-order valence-corrected chi connectivity index (χ1v) is 13.7. The van der Waals surface area contributed by atoms with E-state index in [1.165, 1.54) is 0 Å². The van der Waals surface area contributed by atoms with Crippen molar-refractivity contribution in [3.8, 4) is 0 Å². The molecule has 1 amide bonds. The Bertz CT molecular complexity index is 1220. The zero-order valence-corrected chi connectivity index (χ0v) is 21.3. The van der Waals surface area contributed by atoms with Crippen LogP contribution in [-0.2, 0) is 44.6 Å². The number of carbonyl (C=O) groups excluding carboxylic acids is 1. The molecule has 0 bridgehead atoms. The Labute approximate surface area is 217 Å². The SMILES string of the molecule is O=C(N[C@@H](Cc1ccccc1)P(=O)(OCc1ccccc1)OCc1ccccc1)OCc1ccccc1. The summed E-state index contributed by atoms with van der Waals surface area (Å²) >= 11 is 0. The van der Waals surface area contributed by atoms with Crippen LogP contribution in [-0.4, -0.2) is 11.9 Å². The molecule has 6 nitrogen and oxygen atoms in total. The molecule has 0 saturated carbocycles. The minimum Gasteiger partial charge on any atom is -0.445 e. The lowest BCUT2D eigenvalue weighted by molar-refractivity contribution is 0.132. The van der Waals surface area contributed by atoms with Crippen LogP contribution >= 0.6 is 7.60 Å². The van der Waals surface area contributed by atoms with Crippen molar-refractivity contribution in [3.63, 3.8) is 0 Å². The van der Waals surface area contributed by atoms with Gasteiger partial charge in [0.2, 0.25) is 0 Å². The summed E-state index contributed by atoms with van der Waals surface area (Å²) in [5, 5.41) is 2.77. The number of amides is 1. The number of carbonyl (C=O) groups is 1. The van der Waals surface area contributed by atoms with Gasteiger partial charge in [-0.2, -0.15) is 0 Å². The molecule has 7 heteroatoms. The van der Waals surface area contributed by atoms with Gasteiger partial charge in [0, 0.05) is 6.42 Å². The van der Waals surface area contributed by atoms with Gasteiger partial charge in [0.15, 0.2) is 0 Å². The molecule has 0 saturated heterocycles. The van der Waals surface area contributed by atoms with Gasteiger partial charge in [0.1, 0.15) is 12.4 Å². The van der Waals surface area contributed by atoms with Crippen molar-refractivity contribution in [1.82, 2.24) is 5.32 Å². The number of hydrogen-bond acceptors (Lipinski definition) is 5. The zero-order chi connectivity index (χ0) is 25.8. The molecule has 4 rings (SSSR count). The van der Waals surface area contributed by atoms with Crippen LogP contribution in [0, 0.1) is 0 Å². The van der Waals surface area contributed by atoms with Gasteiger partial charge in [0.25, 0.3) is 0 Å². The van der Waals surface area contributed by atoms with Crippen molar-refractivity contribution in [2.24, 2.45) is 0 Å². The molecule has 190 valence electrons. The molecule has 1 atom stereocenters. The third-order valence-corrected chi connectivity index (χ3v) is 7.71. The van der Waals surface area contributed by atoms with E-state index in [0.29, 0.717) is 0 Å². The number of alkyl carbamates (subject to hydrolysis) is 1. The molecule has 0 aliphatic heterocycles. The van der Waals surface area contributed by atoms with Crippen LogP contribution in [0.3, 0.4) is 0 Å². The summed E-state index contributed by atoms with van der Waals surface area (Å²) in [5.74, 6) is -0.967. The largest absolute Gasteiger partial charge is 0.445 e. The summed E-state index contributed by atoms with van der Waals surface area (Å²) in [6.45, 7) is 0.225. The topological polar surface area (TPSA) is 73.9 Å². The highest BCUT2D eigenvalue weighted by atomic mass is 31.2. The quantitative estimate of drug-likeness (QED) is 0.204. The fourth-order valence-corrected chi connectivity index (χ4v) is 5.47. The molecule has 37 heavy (non-hydrogen) atoms. The highest BCUT2D eigenvalue weighted by Gasteiger charge is 2.38. The molecule has 0 aliphatic rings. The molecule has 0 fully saturated rings. The van der Waals surface area contributed by atoms with Gasteiger partial charge in [0.05, 0.1) is 13.2 Å². The lowest BCUT2D eigenvalue weighted by Gasteiger charge is -2.28. The Morgan fingerprint density at radius 2 is 0.973 bits per heavy atom. The fraction of sp³-hybridized carbons (Fsp3) is 0.167. The van der Waals surface area contributed by atoms with E-state index >= 15 is 0 Å². The standard InChI is InChI=1S/C30H30NO5P/c32-30(34-22-26-15-7-2-8-16-26)31-29(21-25-13-5-1-6-14-25)37(33,35-23-27-17-9-3-10-18-27)36-24-28-19-11-4-12-20-28/h1-20,29H,21-24H2,(H,31,32)/t29-/m1/s1. The second kappa shape index (κ2) is 13.6. The highest BCUT2D eigenvalue weighted by Crippen LogP contribution is 2.54. The van der Waals surface area contributed by atoms with Crippen molar-refractivity contribution in [2.45, 2.75) is 32.0 Å². The normalized spacial score (nSPS) is 12.0. The van der Waals surface area contributed by atoms with Crippen molar-refractivity contribution in [1.29, 1.82) is 0 Å². The summed E-state index contributed by atoms with van der Waals surface area (Å²) in [6, 6.07) is 37.7. The Hall–Kier alpha value is -3.70. The summed E-state index contributed by atoms with van der Waals surface area (Å²) < 4.78 is 31.8. The van der Waals surface area contributed by atoms with Crippen LogP contribution in [0.2, 0.25) is 0 Å².